The van der Waals surface area contributed by atoms with E-state index in [1.165, 1.54) is 0 Å². The van der Waals surface area contributed by atoms with Crippen LogP contribution in [0.4, 0.5) is 9.59 Å². The van der Waals surface area contributed by atoms with E-state index in [0.29, 0.717) is 0 Å². The van der Waals surface area contributed by atoms with Crippen LogP contribution in [-0.4, -0.2) is 31.4 Å². The van der Waals surface area contributed by atoms with Gasteiger partial charge in [0.2, 0.25) is 7.59 Å². The minimum Gasteiger partial charge on any atom is -0.451 e. The maximum atomic E-state index is 11.0. The Morgan fingerprint density at radius 3 is 1.37 bits per heavy atom. The van der Waals surface area contributed by atoms with Gasteiger partial charge in [-0.25, -0.2) is 13.2 Å². The molecule has 0 unspecified atom stereocenters. The van der Waals surface area contributed by atoms with Crippen LogP contribution >= 0.6 is 93.7 Å². The molecule has 0 fully saturated rings. The average molecular weight is 433 g/mol. The van der Waals surface area contributed by atoms with Gasteiger partial charge in [-0.3, -0.25) is 0 Å². The van der Waals surface area contributed by atoms with E-state index in [1.807, 2.05) is 0 Å². The Morgan fingerprint density at radius 1 is 0.789 bits per heavy atom. The summed E-state index contributed by atoms with van der Waals surface area (Å²) in [5.41, 5.74) is 0. The zero-order chi connectivity index (χ0) is 15.1. The first-order valence-corrected chi connectivity index (χ1v) is 7.73. The molecule has 0 saturated heterocycles. The number of hydrogen-bond donors (Lipinski definition) is 0. The number of alkyl halides is 6. The maximum absolute atomic E-state index is 11.0. The molecule has 0 aliphatic rings. The predicted octanol–water partition coefficient (Wildman–Crippen LogP) is 5.31. The number of ether oxygens (including phenoxy) is 2. The second-order valence-corrected chi connectivity index (χ2v) is 9.12. The number of hydrogen-bond acceptors (Lipinski definition) is 7. The first kappa shape index (κ1) is 20.3. The summed E-state index contributed by atoms with van der Waals surface area (Å²) in [5.74, 6) is 0. The summed E-state index contributed by atoms with van der Waals surface area (Å²) in [5, 5.41) is -1.82. The molecule has 0 N–H and O–H groups in total. The number of carbonyl (C=O) groups is 2. The minimum absolute atomic E-state index is 0.205. The molecule has 0 aliphatic heterocycles. The van der Waals surface area contributed by atoms with E-state index in [2.05, 4.69) is 13.1 Å². The molecular formula is C6H4Cl6O5S2. The van der Waals surface area contributed by atoms with Crippen molar-refractivity contribution in [3.63, 3.8) is 0 Å². The molecule has 0 aliphatic carbocycles. The Morgan fingerprint density at radius 2 is 1.11 bits per heavy atom. The predicted molar refractivity (Wildman–Crippen MR) is 79.5 cm³/mol. The molecule has 0 heterocycles. The van der Waals surface area contributed by atoms with E-state index in [-0.39, 0.29) is 24.1 Å². The quantitative estimate of drug-likeness (QED) is 0.338. The molecule has 0 aromatic heterocycles. The fourth-order valence-corrected chi connectivity index (χ4v) is 1.52. The largest absolute Gasteiger partial charge is 0.451 e. The van der Waals surface area contributed by atoms with Crippen molar-refractivity contribution in [3.05, 3.63) is 0 Å². The van der Waals surface area contributed by atoms with Crippen molar-refractivity contribution in [2.24, 2.45) is 0 Å². The molecule has 0 aromatic rings. The van der Waals surface area contributed by atoms with Gasteiger partial charge in [-0.05, 0) is 0 Å². The highest BCUT2D eigenvalue weighted by molar-refractivity contribution is 8.21. The molecule has 0 spiro atoms. The fraction of sp³-hybridized carbons (Fsp3) is 0.667. The lowest BCUT2D eigenvalue weighted by Crippen LogP contribution is -2.15. The highest BCUT2D eigenvalue weighted by Crippen LogP contribution is 2.29. The van der Waals surface area contributed by atoms with Gasteiger partial charge < -0.3 is 9.47 Å². The maximum Gasteiger partial charge on any atom is 0.396 e. The van der Waals surface area contributed by atoms with Gasteiger partial charge in [-0.15, -0.1) is 0 Å². The second kappa shape index (κ2) is 9.38. The van der Waals surface area contributed by atoms with Crippen LogP contribution in [0.2, 0.25) is 0 Å². The lowest BCUT2D eigenvalue weighted by molar-refractivity contribution is 0.175. The topological polar surface area (TPSA) is 61.8 Å². The zero-order valence-electron chi connectivity index (χ0n) is 8.54. The van der Waals surface area contributed by atoms with Gasteiger partial charge in [0.05, 0.1) is 0 Å². The molecule has 5 nitrogen and oxygen atoms in total. The summed E-state index contributed by atoms with van der Waals surface area (Å²) >= 11 is 32.4. The molecule has 0 saturated carbocycles. The van der Waals surface area contributed by atoms with Crippen molar-refractivity contribution in [3.8, 4) is 0 Å². The Hall–Kier alpha value is 1.34. The van der Waals surface area contributed by atoms with Crippen molar-refractivity contribution >= 4 is 104 Å². The highest BCUT2D eigenvalue weighted by Gasteiger charge is 2.24. The van der Waals surface area contributed by atoms with Crippen LogP contribution in [0.25, 0.3) is 0 Å². The van der Waals surface area contributed by atoms with Crippen LogP contribution < -0.4 is 0 Å². The van der Waals surface area contributed by atoms with Crippen molar-refractivity contribution < 1.29 is 22.7 Å². The van der Waals surface area contributed by atoms with E-state index in [9.17, 15) is 9.59 Å². The van der Waals surface area contributed by atoms with Gasteiger partial charge in [0.15, 0.2) is 0 Å². The third-order valence-electron chi connectivity index (χ3n) is 0.911. The zero-order valence-corrected chi connectivity index (χ0v) is 14.7. The van der Waals surface area contributed by atoms with Crippen molar-refractivity contribution in [2.45, 2.75) is 7.59 Å². The van der Waals surface area contributed by atoms with Gasteiger partial charge in [-0.1, -0.05) is 69.6 Å². The number of rotatable bonds is 4. The summed E-state index contributed by atoms with van der Waals surface area (Å²) in [6, 6.07) is 0. The van der Waals surface area contributed by atoms with E-state index >= 15 is 0 Å². The summed E-state index contributed by atoms with van der Waals surface area (Å²) in [6.07, 6.45) is 0. The first-order chi connectivity index (χ1) is 8.49. The SMILES string of the molecule is O=C(OCC(Cl)(Cl)Cl)SOSC(=O)OCC(Cl)(Cl)Cl. The van der Waals surface area contributed by atoms with Crippen LogP contribution in [0.3, 0.4) is 0 Å². The van der Waals surface area contributed by atoms with E-state index in [4.69, 9.17) is 69.6 Å². The third kappa shape index (κ3) is 15.5. The van der Waals surface area contributed by atoms with Crippen molar-refractivity contribution in [1.82, 2.24) is 0 Å². The second-order valence-electron chi connectivity index (χ2n) is 2.54. The summed E-state index contributed by atoms with van der Waals surface area (Å²) < 4.78 is 10.0. The standard InChI is InChI=1S/C6H4Cl6O5S2/c7-5(8,9)1-15-3(13)18-17-19-4(14)16-2-6(10,11)12/h1-2H2. The fourth-order valence-electron chi connectivity index (χ4n) is 0.402. The van der Waals surface area contributed by atoms with Gasteiger partial charge in [0.25, 0.3) is 0 Å². The minimum atomic E-state index is -1.73. The van der Waals surface area contributed by atoms with Crippen molar-refractivity contribution in [1.29, 1.82) is 0 Å². The number of halogens is 6. The summed E-state index contributed by atoms with van der Waals surface area (Å²) in [4.78, 5) is 22.0. The molecule has 19 heavy (non-hydrogen) atoms. The van der Waals surface area contributed by atoms with Crippen LogP contribution in [0.5, 0.6) is 0 Å². The molecule has 0 bridgehead atoms. The van der Waals surface area contributed by atoms with Gasteiger partial charge in [-0.2, -0.15) is 0 Å². The molecule has 0 aromatic carbocycles. The molecular weight excluding hydrogens is 429 g/mol. The molecule has 112 valence electrons. The van der Waals surface area contributed by atoms with Crippen LogP contribution in [0, 0.1) is 0 Å². The van der Waals surface area contributed by atoms with Crippen LogP contribution in [-0.2, 0) is 13.1 Å². The number of carbonyl (C=O) groups excluding carboxylic acids is 2. The Bertz CT molecular complexity index is 286. The Labute approximate surface area is 147 Å². The molecule has 0 atom stereocenters. The highest BCUT2D eigenvalue weighted by atomic mass is 35.6. The van der Waals surface area contributed by atoms with E-state index in [1.54, 1.807) is 0 Å². The van der Waals surface area contributed by atoms with E-state index in [0.717, 1.165) is 0 Å². The Balaban J connectivity index is 3.68. The lowest BCUT2D eigenvalue weighted by atomic mass is 10.8. The van der Waals surface area contributed by atoms with Crippen LogP contribution in [0.15, 0.2) is 0 Å². The van der Waals surface area contributed by atoms with Gasteiger partial charge in [0, 0.05) is 0 Å². The average Bonchev–Trinajstić information content (AvgIpc) is 2.22. The normalized spacial score (nSPS) is 12.1. The lowest BCUT2D eigenvalue weighted by Gasteiger charge is -2.11. The monoisotopic (exact) mass is 430 g/mol. The van der Waals surface area contributed by atoms with Gasteiger partial charge >= 0.3 is 10.6 Å². The van der Waals surface area contributed by atoms with Crippen LogP contribution in [0.1, 0.15) is 0 Å². The molecule has 0 rings (SSSR count). The molecule has 13 heteroatoms. The Kier molecular flexibility index (Phi) is 10.0. The third-order valence-corrected chi connectivity index (χ3v) is 2.62. The first-order valence-electron chi connectivity index (χ1n) is 3.98. The van der Waals surface area contributed by atoms with Gasteiger partial charge in [0.1, 0.15) is 37.3 Å². The van der Waals surface area contributed by atoms with Crippen molar-refractivity contribution in [2.75, 3.05) is 13.2 Å². The molecule has 0 radical (unpaired) electrons. The molecule has 0 amide bonds. The smallest absolute Gasteiger partial charge is 0.396 e. The summed E-state index contributed by atoms with van der Waals surface area (Å²) in [6.45, 7) is -0.926. The summed E-state index contributed by atoms with van der Waals surface area (Å²) in [7, 11) is 0. The van der Waals surface area contributed by atoms with E-state index < -0.39 is 31.4 Å².